The van der Waals surface area contributed by atoms with E-state index in [9.17, 15) is 0 Å². The van der Waals surface area contributed by atoms with Gasteiger partial charge < -0.3 is 19.9 Å². The van der Waals surface area contributed by atoms with Crippen LogP contribution >= 0.6 is 0 Å². The van der Waals surface area contributed by atoms with Gasteiger partial charge in [0.25, 0.3) is 0 Å². The number of methoxy groups -OCH3 is 1. The Hall–Kier alpha value is -1.36. The normalized spacial score (nSPS) is 28.1. The molecule has 1 aromatic carbocycles. The molecule has 2 aliphatic rings. The quantitative estimate of drug-likeness (QED) is 0.750. The first-order chi connectivity index (χ1) is 13.1. The Balaban J connectivity index is 1.56. The highest BCUT2D eigenvalue weighted by molar-refractivity contribution is 5.85. The van der Waals surface area contributed by atoms with E-state index in [-0.39, 0.29) is 5.54 Å². The van der Waals surface area contributed by atoms with Crippen LogP contribution in [-0.4, -0.2) is 49.8 Å². The molecule has 1 aliphatic heterocycles. The number of nitrogens with zero attached hydrogens (tertiary/aromatic N) is 1. The number of hydrogen-bond acceptors (Lipinski definition) is 3. The number of unbranched alkanes of at least 4 members (excludes halogenated alkanes) is 1. The van der Waals surface area contributed by atoms with Gasteiger partial charge in [0.2, 0.25) is 0 Å². The van der Waals surface area contributed by atoms with Gasteiger partial charge >= 0.3 is 0 Å². The van der Waals surface area contributed by atoms with E-state index in [1.54, 1.807) is 12.7 Å². The van der Waals surface area contributed by atoms with Crippen LogP contribution < -0.4 is 5.32 Å². The van der Waals surface area contributed by atoms with Crippen molar-refractivity contribution in [1.29, 1.82) is 0 Å². The van der Waals surface area contributed by atoms with Crippen molar-refractivity contribution in [2.75, 3.05) is 34.4 Å². The second kappa shape index (κ2) is 7.57. The highest BCUT2D eigenvalue weighted by Gasteiger charge is 2.47. The van der Waals surface area contributed by atoms with Crippen molar-refractivity contribution in [2.24, 2.45) is 0 Å². The molecule has 0 radical (unpaired) electrons. The van der Waals surface area contributed by atoms with Gasteiger partial charge in [0.15, 0.2) is 0 Å². The average molecular weight is 370 g/mol. The summed E-state index contributed by atoms with van der Waals surface area (Å²) in [5.74, 6) is 0. The van der Waals surface area contributed by atoms with E-state index in [1.165, 1.54) is 61.5 Å². The molecule has 2 aromatic rings. The minimum absolute atomic E-state index is 0.138. The van der Waals surface area contributed by atoms with Gasteiger partial charge in [-0.3, -0.25) is 0 Å². The monoisotopic (exact) mass is 369 g/mol. The lowest BCUT2D eigenvalue weighted by molar-refractivity contribution is 0.0415. The minimum Gasteiger partial charge on any atom is -0.385 e. The third kappa shape index (κ3) is 3.32. The smallest absolute Gasteiger partial charge is 0.0591 e. The fraction of sp³-hybridized carbons (Fsp3) is 0.652. The molecule has 27 heavy (non-hydrogen) atoms. The van der Waals surface area contributed by atoms with Crippen molar-refractivity contribution < 1.29 is 4.74 Å². The summed E-state index contributed by atoms with van der Waals surface area (Å²) < 4.78 is 5.25. The summed E-state index contributed by atoms with van der Waals surface area (Å²) in [5.41, 5.74) is 4.81. The van der Waals surface area contributed by atoms with E-state index in [1.807, 2.05) is 0 Å². The van der Waals surface area contributed by atoms with E-state index in [0.29, 0.717) is 5.54 Å². The van der Waals surface area contributed by atoms with E-state index in [4.69, 9.17) is 4.74 Å². The zero-order chi connectivity index (χ0) is 18.9. The summed E-state index contributed by atoms with van der Waals surface area (Å²) >= 11 is 0. The Labute approximate surface area is 163 Å². The second-order valence-corrected chi connectivity index (χ2v) is 8.85. The van der Waals surface area contributed by atoms with Crippen LogP contribution in [0.15, 0.2) is 24.3 Å². The molecule has 0 bridgehead atoms. The molecule has 4 rings (SSSR count). The average Bonchev–Trinajstić information content (AvgIpc) is 3.07. The molecule has 2 heterocycles. The van der Waals surface area contributed by atoms with E-state index in [0.717, 1.165) is 19.6 Å². The number of nitrogens with one attached hydrogen (secondary N) is 2. The summed E-state index contributed by atoms with van der Waals surface area (Å²) in [6.45, 7) is 1.98. The highest BCUT2D eigenvalue weighted by Crippen LogP contribution is 2.48. The number of H-pyrrole nitrogens is 1. The lowest BCUT2D eigenvalue weighted by Gasteiger charge is -2.51. The van der Waals surface area contributed by atoms with Crippen molar-refractivity contribution in [2.45, 2.75) is 62.4 Å². The number of ether oxygens (including phenoxy) is 1. The van der Waals surface area contributed by atoms with Crippen LogP contribution in [0.4, 0.5) is 0 Å². The van der Waals surface area contributed by atoms with Gasteiger partial charge in [0, 0.05) is 42.4 Å². The third-order valence-electron chi connectivity index (χ3n) is 7.35. The van der Waals surface area contributed by atoms with Crippen molar-refractivity contribution in [3.8, 4) is 0 Å². The molecule has 0 saturated heterocycles. The largest absolute Gasteiger partial charge is 0.385 e. The maximum Gasteiger partial charge on any atom is 0.0591 e. The molecular weight excluding hydrogens is 334 g/mol. The SMILES string of the molecule is COCCCCC1(N(C)C)CCC2(CC1)NCCc1c2[nH]c2ccccc12. The number of fused-ring (bicyclic) bond motifs is 4. The Morgan fingerprint density at radius 3 is 2.59 bits per heavy atom. The summed E-state index contributed by atoms with van der Waals surface area (Å²) in [4.78, 5) is 6.30. The molecule has 2 N–H and O–H groups in total. The molecule has 4 nitrogen and oxygen atoms in total. The molecule has 1 fully saturated rings. The molecule has 1 saturated carbocycles. The second-order valence-electron chi connectivity index (χ2n) is 8.85. The summed E-state index contributed by atoms with van der Waals surface area (Å²) in [7, 11) is 6.35. The Morgan fingerprint density at radius 2 is 1.85 bits per heavy atom. The molecule has 4 heteroatoms. The maximum atomic E-state index is 5.25. The lowest BCUT2D eigenvalue weighted by Crippen LogP contribution is -2.56. The first-order valence-corrected chi connectivity index (χ1v) is 10.6. The first-order valence-electron chi connectivity index (χ1n) is 10.6. The van der Waals surface area contributed by atoms with Crippen molar-refractivity contribution in [3.63, 3.8) is 0 Å². The number of hydrogen-bond donors (Lipinski definition) is 2. The lowest BCUT2D eigenvalue weighted by atomic mass is 9.67. The van der Waals surface area contributed by atoms with Crippen LogP contribution in [-0.2, 0) is 16.7 Å². The topological polar surface area (TPSA) is 40.3 Å². The summed E-state index contributed by atoms with van der Waals surface area (Å²) in [6.07, 6.45) is 9.79. The number of rotatable bonds is 6. The molecule has 148 valence electrons. The van der Waals surface area contributed by atoms with Gasteiger partial charge in [-0.1, -0.05) is 18.2 Å². The Morgan fingerprint density at radius 1 is 1.07 bits per heavy atom. The minimum atomic E-state index is 0.138. The van der Waals surface area contributed by atoms with Crippen molar-refractivity contribution in [3.05, 3.63) is 35.5 Å². The van der Waals surface area contributed by atoms with Crippen LogP contribution in [0.2, 0.25) is 0 Å². The van der Waals surface area contributed by atoms with Gasteiger partial charge in [-0.05, 0) is 77.1 Å². The number of benzene rings is 1. The summed E-state index contributed by atoms with van der Waals surface area (Å²) in [5, 5.41) is 5.36. The Bertz CT molecular complexity index is 771. The molecule has 1 spiro atoms. The first kappa shape index (κ1) is 19.0. The number of aromatic amines is 1. The van der Waals surface area contributed by atoms with Crippen LogP contribution in [0.3, 0.4) is 0 Å². The van der Waals surface area contributed by atoms with E-state index >= 15 is 0 Å². The van der Waals surface area contributed by atoms with Crippen LogP contribution in [0, 0.1) is 0 Å². The zero-order valence-electron chi connectivity index (χ0n) is 17.2. The highest BCUT2D eigenvalue weighted by atomic mass is 16.5. The van der Waals surface area contributed by atoms with Crippen molar-refractivity contribution >= 4 is 10.9 Å². The van der Waals surface area contributed by atoms with Crippen LogP contribution in [0.1, 0.15) is 56.2 Å². The fourth-order valence-corrected chi connectivity index (χ4v) is 5.57. The standard InChI is InChI=1S/C23H35N3O/c1-26(2)22(11-6-7-17-27-3)12-14-23(15-13-22)21-19(10-16-24-23)18-8-4-5-9-20(18)25-21/h4-5,8-9,24-25H,6-7,10-17H2,1-3H3. The molecule has 0 unspecified atom stereocenters. The van der Waals surface area contributed by atoms with Gasteiger partial charge in [-0.25, -0.2) is 0 Å². The maximum absolute atomic E-state index is 5.25. The van der Waals surface area contributed by atoms with Crippen molar-refractivity contribution in [1.82, 2.24) is 15.2 Å². The summed E-state index contributed by atoms with van der Waals surface area (Å²) in [6, 6.07) is 8.82. The van der Waals surface area contributed by atoms with E-state index in [2.05, 4.69) is 53.6 Å². The molecule has 0 atom stereocenters. The van der Waals surface area contributed by atoms with E-state index < -0.39 is 0 Å². The molecule has 1 aliphatic carbocycles. The van der Waals surface area contributed by atoms with Crippen LogP contribution in [0.25, 0.3) is 10.9 Å². The number of para-hydroxylation sites is 1. The Kier molecular flexibility index (Phi) is 5.32. The predicted octanol–water partition coefficient (Wildman–Crippen LogP) is 4.20. The van der Waals surface area contributed by atoms with Gasteiger partial charge in [0.1, 0.15) is 0 Å². The fourth-order valence-electron chi connectivity index (χ4n) is 5.57. The van der Waals surface area contributed by atoms with Gasteiger partial charge in [0.05, 0.1) is 5.54 Å². The predicted molar refractivity (Wildman–Crippen MR) is 112 cm³/mol. The molecule has 1 aromatic heterocycles. The van der Waals surface area contributed by atoms with Gasteiger partial charge in [-0.2, -0.15) is 0 Å². The van der Waals surface area contributed by atoms with Gasteiger partial charge in [-0.15, -0.1) is 0 Å². The molecular formula is C23H35N3O. The molecule has 0 amide bonds. The zero-order valence-corrected chi connectivity index (χ0v) is 17.2. The van der Waals surface area contributed by atoms with Crippen LogP contribution in [0.5, 0.6) is 0 Å². The number of aromatic nitrogens is 1. The third-order valence-corrected chi connectivity index (χ3v) is 7.35.